The molecule has 14 N–H and O–H groups in total. The van der Waals surface area contributed by atoms with E-state index in [1.165, 1.54) is 5.57 Å². The number of hydrogen-bond acceptors (Lipinski definition) is 15. The summed E-state index contributed by atoms with van der Waals surface area (Å²) >= 11 is 0. The molecule has 8 aliphatic carbocycles. The highest BCUT2D eigenvalue weighted by atomic mass is 16.7. The molecule has 0 radical (unpaired) electrons. The van der Waals surface area contributed by atoms with Gasteiger partial charge < -0.3 is 76.7 Å². The summed E-state index contributed by atoms with van der Waals surface area (Å²) in [5.41, 5.74) is 3.35. The summed E-state index contributed by atoms with van der Waals surface area (Å²) in [4.78, 5) is 46.5. The van der Waals surface area contributed by atoms with Crippen molar-refractivity contribution in [2.24, 2.45) is 96.9 Å². The molecule has 19 heteroatoms. The van der Waals surface area contributed by atoms with Gasteiger partial charge in [-0.05, 0) is 142 Å². The molecule has 8 fully saturated rings. The third-order valence-corrected chi connectivity index (χ3v) is 26.0. The fraction of sp³-hybridized carbons (Fsp3) is 0.810. The summed E-state index contributed by atoms with van der Waals surface area (Å²) < 4.78 is 13.1. The van der Waals surface area contributed by atoms with E-state index in [-0.39, 0.29) is 73.6 Å². The molecule has 1 amide bonds. The van der Waals surface area contributed by atoms with Crippen LogP contribution in [0.5, 0.6) is 0 Å². The van der Waals surface area contributed by atoms with Crippen LogP contribution in [0.4, 0.5) is 5.82 Å². The van der Waals surface area contributed by atoms with Gasteiger partial charge in [0, 0.05) is 72.0 Å². The quantitative estimate of drug-likeness (QED) is 0.0603. The molecular formula is C63H91N7O12. The summed E-state index contributed by atoms with van der Waals surface area (Å²) in [7, 11) is 0. The third kappa shape index (κ3) is 7.82. The molecule has 2 saturated heterocycles. The van der Waals surface area contributed by atoms with Crippen LogP contribution in [0.2, 0.25) is 0 Å². The van der Waals surface area contributed by atoms with E-state index < -0.39 is 111 Å². The normalized spacial score (nSPS) is 47.2. The molecule has 6 saturated carbocycles. The van der Waals surface area contributed by atoms with Gasteiger partial charge in [-0.1, -0.05) is 64.0 Å². The van der Waals surface area contributed by atoms with E-state index >= 15 is 4.79 Å². The first-order chi connectivity index (χ1) is 39.3. The van der Waals surface area contributed by atoms with Gasteiger partial charge in [0.15, 0.2) is 6.29 Å². The lowest BCUT2D eigenvalue weighted by Gasteiger charge is -2.78. The van der Waals surface area contributed by atoms with Crippen molar-refractivity contribution in [2.45, 2.75) is 198 Å². The van der Waals surface area contributed by atoms with Gasteiger partial charge in [-0.3, -0.25) is 9.59 Å². The van der Waals surface area contributed by atoms with E-state index in [4.69, 9.17) is 20.2 Å². The number of amides is 1. The predicted octanol–water partition coefficient (Wildman–Crippen LogP) is 4.49. The van der Waals surface area contributed by atoms with Crippen LogP contribution < -0.4 is 16.4 Å². The van der Waals surface area contributed by atoms with Gasteiger partial charge in [-0.15, -0.1) is 5.92 Å². The van der Waals surface area contributed by atoms with Crippen LogP contribution >= 0.6 is 0 Å². The van der Waals surface area contributed by atoms with E-state index in [1.54, 1.807) is 18.9 Å². The molecule has 2 aromatic rings. The highest BCUT2D eigenvalue weighted by molar-refractivity contribution is 5.86. The molecule has 5 heterocycles. The summed E-state index contributed by atoms with van der Waals surface area (Å²) in [6, 6.07) is -0.541. The second-order valence-electron chi connectivity index (χ2n) is 29.0. The Kier molecular flexibility index (Phi) is 14.4. The van der Waals surface area contributed by atoms with Crippen LogP contribution in [0.3, 0.4) is 0 Å². The van der Waals surface area contributed by atoms with E-state index in [2.05, 4.69) is 57.3 Å². The van der Waals surface area contributed by atoms with Gasteiger partial charge in [0.2, 0.25) is 5.91 Å². The maximum absolute atomic E-state index is 15.5. The highest BCUT2D eigenvalue weighted by Crippen LogP contribution is 2.83. The van der Waals surface area contributed by atoms with Gasteiger partial charge in [0.1, 0.15) is 30.4 Å². The topological polar surface area (TPSA) is 322 Å². The van der Waals surface area contributed by atoms with Crippen molar-refractivity contribution in [1.29, 1.82) is 0 Å². The van der Waals surface area contributed by atoms with Crippen molar-refractivity contribution in [2.75, 3.05) is 31.7 Å². The molecule has 11 aliphatic rings. The van der Waals surface area contributed by atoms with Gasteiger partial charge in [0.05, 0.1) is 54.6 Å². The van der Waals surface area contributed by atoms with Crippen molar-refractivity contribution >= 4 is 17.7 Å². The molecule has 2 spiro atoms. The highest BCUT2D eigenvalue weighted by Gasteiger charge is 2.81. The number of nitrogens with zero attached hydrogens (tertiary/aromatic N) is 2. The Bertz CT molecular complexity index is 2830. The number of aliphatic hydroxyl groups is 7. The lowest BCUT2D eigenvalue weighted by Crippen LogP contribution is -2.77. The van der Waals surface area contributed by atoms with Gasteiger partial charge in [-0.2, -0.15) is 0 Å². The number of rotatable bonds is 12. The zero-order valence-electron chi connectivity index (χ0n) is 48.1. The average Bonchev–Trinajstić information content (AvgIpc) is 0.975. The first-order valence-corrected chi connectivity index (χ1v) is 31.4. The Morgan fingerprint density at radius 2 is 1.68 bits per heavy atom. The number of H-pyrrole nitrogens is 2. The first-order valence-electron chi connectivity index (χ1n) is 31.4. The van der Waals surface area contributed by atoms with E-state index in [0.29, 0.717) is 83.6 Å². The van der Waals surface area contributed by atoms with Crippen LogP contribution in [-0.4, -0.2) is 148 Å². The molecule has 82 heavy (non-hydrogen) atoms. The predicted molar refractivity (Wildman–Crippen MR) is 299 cm³/mol. The molecule has 23 atom stereocenters. The minimum absolute atomic E-state index is 0.0107. The standard InChI is InChI=1S/C63H91N7O12/c1-57(29-71)22-23-61(56(79)80)38(25-57)36-14-15-44-59(3)21-17-43-58(2,30-72)52(82-54-51(77)49(75)42(73)28-81-54)50(76)47(63(43,44)33-10-4-5-11-33)35(12-6-7-20-62(36,59)37-24-40-53(69-32-68-40)66-26-39(37)61)46-48(70-55(78)60(46)18-8-9-19-60)34(13-16-45(64)74)41-27-65-31-67-41/h14,27,31-35,37-39,42-52,54,66,71-77H,4-5,7-11,13,15-26,28-30,64H2,1-3H3,(H,65,67)(H,68,69)(H,70,78)(H,79,80)/t34-,35+,37+,38+,39+,42-,43-,44+,45+,46+,47+,48-,49+,50-,51-,52-,54+,57+,58+,59-,61-,62+,63+/m1/s1. The zero-order valence-corrected chi connectivity index (χ0v) is 48.1. The van der Waals surface area contributed by atoms with E-state index in [0.717, 1.165) is 55.7 Å². The molecular weight excluding hydrogens is 1050 g/mol. The van der Waals surface area contributed by atoms with Crippen LogP contribution in [0.1, 0.15) is 154 Å². The molecule has 0 unspecified atom stereocenters. The molecule has 2 aromatic heterocycles. The Balaban J connectivity index is 1.09. The Labute approximate surface area is 481 Å². The SMILES string of the molecule is C[C@]1(CO)CC[C@@]2(C(=O)O)[C@@H](C1)C1=CC[C@@H]3[C@@]4(C5CCCC5)[C@@H]5[C@@H](O)[C@@H](O[C@@H]6OC[C@@H](O)[C@H](O)[C@H]6O)[C@@](C)(CO)[C@H]4CC[C@@]3(C)[C@]1(CCC#C[C@H]5[C@H]1[C@@H]([C@H](CC[C@@H](N)O)c3cnc[nH]3)NC(=O)C13CCCC3)[C@H]1Cc3[nH]cnc3NC[C@@H]12. The smallest absolute Gasteiger partial charge is 0.310 e. The number of aromatic nitrogens is 4. The number of nitrogens with two attached hydrogens (primary N) is 1. The van der Waals surface area contributed by atoms with E-state index in [1.807, 2.05) is 6.92 Å². The minimum Gasteiger partial charge on any atom is -0.481 e. The number of nitrogens with one attached hydrogen (secondary N) is 4. The number of carbonyl (C=O) groups is 2. The largest absolute Gasteiger partial charge is 0.481 e. The lowest BCUT2D eigenvalue weighted by molar-refractivity contribution is -0.354. The second kappa shape index (κ2) is 20.6. The number of aromatic amines is 2. The molecule has 3 aliphatic heterocycles. The Hall–Kier alpha value is -3.94. The maximum Gasteiger partial charge on any atom is 0.310 e. The molecule has 4 bridgehead atoms. The number of carboxylic acid groups (broad SMARTS) is 1. The summed E-state index contributed by atoms with van der Waals surface area (Å²) in [6.07, 6.45) is 10.1. The van der Waals surface area contributed by atoms with Gasteiger partial charge in [-0.25, -0.2) is 9.97 Å². The van der Waals surface area contributed by atoms with Crippen molar-refractivity contribution in [3.8, 4) is 11.8 Å². The van der Waals surface area contributed by atoms with Crippen molar-refractivity contribution in [1.82, 2.24) is 25.3 Å². The van der Waals surface area contributed by atoms with Crippen molar-refractivity contribution in [3.05, 3.63) is 41.9 Å². The summed E-state index contributed by atoms with van der Waals surface area (Å²) in [6.45, 7) is 6.31. The molecule has 19 nitrogen and oxygen atoms in total. The fourth-order valence-corrected chi connectivity index (χ4v) is 22.6. The number of carbonyl (C=O) groups excluding carboxylic acids is 1. The number of ether oxygens (including phenoxy) is 2. The fourth-order valence-electron chi connectivity index (χ4n) is 22.6. The number of carboxylic acids is 1. The van der Waals surface area contributed by atoms with Crippen molar-refractivity contribution < 1.29 is 59.9 Å². The van der Waals surface area contributed by atoms with E-state index in [9.17, 15) is 45.6 Å². The zero-order chi connectivity index (χ0) is 57.5. The molecule has 0 aromatic carbocycles. The number of aliphatic hydroxyl groups excluding tert-OH is 7. The average molecular weight is 1140 g/mol. The third-order valence-electron chi connectivity index (χ3n) is 26.0. The molecule has 450 valence electrons. The second-order valence-corrected chi connectivity index (χ2v) is 29.0. The lowest BCUT2D eigenvalue weighted by atomic mass is 9.26. The Morgan fingerprint density at radius 1 is 0.902 bits per heavy atom. The number of hydrogen-bond donors (Lipinski definition) is 13. The summed E-state index contributed by atoms with van der Waals surface area (Å²) in [5.74, 6) is 4.22. The number of fused-ring (bicyclic) bond motifs is 5. The number of allylic oxidation sites excluding steroid dienone is 2. The number of anilines is 1. The maximum atomic E-state index is 15.5. The van der Waals surface area contributed by atoms with Crippen LogP contribution in [0.25, 0.3) is 0 Å². The van der Waals surface area contributed by atoms with Crippen LogP contribution in [0, 0.1) is 103 Å². The monoisotopic (exact) mass is 1140 g/mol. The molecule has 13 rings (SSSR count). The van der Waals surface area contributed by atoms with Crippen LogP contribution in [0.15, 0.2) is 30.5 Å². The first kappa shape index (κ1) is 57.2. The van der Waals surface area contributed by atoms with Crippen LogP contribution in [-0.2, 0) is 25.5 Å². The minimum atomic E-state index is -1.68. The summed E-state index contributed by atoms with van der Waals surface area (Å²) in [5, 5.41) is 102. The number of aliphatic carboxylic acids is 1. The Morgan fingerprint density at radius 3 is 2.39 bits per heavy atom. The van der Waals surface area contributed by atoms with Gasteiger partial charge >= 0.3 is 5.97 Å². The van der Waals surface area contributed by atoms with Crippen molar-refractivity contribution in [3.63, 3.8) is 0 Å². The van der Waals surface area contributed by atoms with Gasteiger partial charge in [0.25, 0.3) is 0 Å². The number of imidazole rings is 2.